The summed E-state index contributed by atoms with van der Waals surface area (Å²) >= 11 is 0. The molecule has 1 aromatic rings. The molecule has 6 heteroatoms. The lowest BCUT2D eigenvalue weighted by Gasteiger charge is -2.57. The van der Waals surface area contributed by atoms with Crippen LogP contribution < -0.4 is 15.4 Å². The summed E-state index contributed by atoms with van der Waals surface area (Å²) in [5.41, 5.74) is 1.44. The molecule has 3 fully saturated rings. The van der Waals surface area contributed by atoms with Crippen LogP contribution in [0.2, 0.25) is 0 Å². The lowest BCUT2D eigenvalue weighted by Crippen LogP contribution is -2.69. The Morgan fingerprint density at radius 1 is 1.36 bits per heavy atom. The van der Waals surface area contributed by atoms with Gasteiger partial charge in [0.05, 0.1) is 6.10 Å². The molecular formula is C22H32IN3O2. The first-order valence-electron chi connectivity index (χ1n) is 10.2. The highest BCUT2D eigenvalue weighted by Gasteiger charge is 2.65. The van der Waals surface area contributed by atoms with Crippen LogP contribution >= 0.6 is 24.0 Å². The molecule has 1 aromatic carbocycles. The van der Waals surface area contributed by atoms with Gasteiger partial charge >= 0.3 is 0 Å². The third kappa shape index (κ3) is 3.90. The minimum atomic E-state index is 0. The molecule has 28 heavy (non-hydrogen) atoms. The molecule has 2 saturated carbocycles. The normalized spacial score (nSPS) is 27.5. The molecule has 1 saturated heterocycles. The molecule has 2 aliphatic carbocycles. The summed E-state index contributed by atoms with van der Waals surface area (Å²) in [5, 5.41) is 7.22. The molecule has 0 amide bonds. The van der Waals surface area contributed by atoms with Gasteiger partial charge in [0.1, 0.15) is 12.4 Å². The average Bonchev–Trinajstić information content (AvgIpc) is 3.36. The number of nitrogens with zero attached hydrogens (tertiary/aromatic N) is 1. The monoisotopic (exact) mass is 497 g/mol. The first-order valence-corrected chi connectivity index (χ1v) is 10.2. The predicted molar refractivity (Wildman–Crippen MR) is 123 cm³/mol. The molecule has 0 radical (unpaired) electrons. The number of guanidine groups is 1. The number of aliphatic imine (C=N–C) groups is 1. The Morgan fingerprint density at radius 3 is 2.89 bits per heavy atom. The lowest BCUT2D eigenvalue weighted by molar-refractivity contribution is -0.125. The number of benzene rings is 1. The van der Waals surface area contributed by atoms with Crippen molar-refractivity contribution in [3.63, 3.8) is 0 Å². The van der Waals surface area contributed by atoms with Gasteiger partial charge in [-0.25, -0.2) is 0 Å². The quantitative estimate of drug-likeness (QED) is 0.271. The molecule has 0 bridgehead atoms. The molecule has 154 valence electrons. The van der Waals surface area contributed by atoms with E-state index in [1.54, 1.807) is 6.08 Å². The maximum atomic E-state index is 6.09. The van der Waals surface area contributed by atoms with Crippen molar-refractivity contribution >= 4 is 29.9 Å². The van der Waals surface area contributed by atoms with Crippen LogP contribution in [0.4, 0.5) is 0 Å². The van der Waals surface area contributed by atoms with Crippen molar-refractivity contribution in [3.05, 3.63) is 42.5 Å². The van der Waals surface area contributed by atoms with E-state index in [1.807, 2.05) is 25.2 Å². The van der Waals surface area contributed by atoms with Gasteiger partial charge in [-0.2, -0.15) is 0 Å². The van der Waals surface area contributed by atoms with Gasteiger partial charge in [0.25, 0.3) is 0 Å². The van der Waals surface area contributed by atoms with Crippen LogP contribution in [-0.2, 0) is 11.3 Å². The number of hydrogen-bond donors (Lipinski definition) is 2. The van der Waals surface area contributed by atoms with Gasteiger partial charge < -0.3 is 20.1 Å². The van der Waals surface area contributed by atoms with Gasteiger partial charge in [-0.1, -0.05) is 43.7 Å². The second-order valence-corrected chi connectivity index (χ2v) is 7.94. The van der Waals surface area contributed by atoms with E-state index in [0.29, 0.717) is 36.6 Å². The van der Waals surface area contributed by atoms with Crippen LogP contribution in [0.15, 0.2) is 41.9 Å². The van der Waals surface area contributed by atoms with Crippen LogP contribution in [0.3, 0.4) is 0 Å². The molecule has 4 rings (SSSR count). The van der Waals surface area contributed by atoms with Gasteiger partial charge in [-0.3, -0.25) is 4.99 Å². The maximum Gasteiger partial charge on any atom is 0.191 e. The van der Waals surface area contributed by atoms with Crippen LogP contribution in [0.25, 0.3) is 0 Å². The van der Waals surface area contributed by atoms with E-state index in [-0.39, 0.29) is 24.0 Å². The zero-order chi connectivity index (χ0) is 18.7. The largest absolute Gasteiger partial charge is 0.489 e. The average molecular weight is 497 g/mol. The molecule has 1 aliphatic heterocycles. The number of nitrogens with one attached hydrogen (secondary N) is 2. The number of hydrogen-bond acceptors (Lipinski definition) is 3. The Kier molecular flexibility index (Phi) is 7.25. The third-order valence-corrected chi connectivity index (χ3v) is 6.58. The topological polar surface area (TPSA) is 54.9 Å². The fourth-order valence-corrected chi connectivity index (χ4v) is 5.36. The fourth-order valence-electron chi connectivity index (χ4n) is 5.36. The maximum absolute atomic E-state index is 6.09. The zero-order valence-corrected chi connectivity index (χ0v) is 19.0. The molecular weight excluding hydrogens is 465 g/mol. The highest BCUT2D eigenvalue weighted by Crippen LogP contribution is 2.60. The van der Waals surface area contributed by atoms with E-state index in [0.717, 1.165) is 23.9 Å². The second-order valence-electron chi connectivity index (χ2n) is 7.94. The number of ether oxygens (including phenoxy) is 2. The van der Waals surface area contributed by atoms with E-state index < -0.39 is 0 Å². The van der Waals surface area contributed by atoms with Crippen LogP contribution in [-0.4, -0.2) is 38.4 Å². The molecule has 5 nitrogen and oxygen atoms in total. The Bertz CT molecular complexity index is 703. The fraction of sp³-hybridized carbons (Fsp3) is 0.591. The summed E-state index contributed by atoms with van der Waals surface area (Å²) in [5.74, 6) is 2.39. The summed E-state index contributed by atoms with van der Waals surface area (Å²) in [6, 6.07) is 8.59. The highest BCUT2D eigenvalue weighted by atomic mass is 127. The summed E-state index contributed by atoms with van der Waals surface area (Å²) in [7, 11) is 1.85. The van der Waals surface area contributed by atoms with E-state index in [4.69, 9.17) is 9.47 Å². The summed E-state index contributed by atoms with van der Waals surface area (Å²) in [4.78, 5) is 4.48. The van der Waals surface area contributed by atoms with Gasteiger partial charge in [0.15, 0.2) is 5.96 Å². The first-order chi connectivity index (χ1) is 13.3. The summed E-state index contributed by atoms with van der Waals surface area (Å²) < 4.78 is 11.9. The van der Waals surface area contributed by atoms with Crippen LogP contribution in [0.5, 0.6) is 5.75 Å². The number of fused-ring (bicyclic) bond motifs is 2. The summed E-state index contributed by atoms with van der Waals surface area (Å²) in [6.07, 6.45) is 8.60. The van der Waals surface area contributed by atoms with E-state index in [1.165, 1.54) is 32.1 Å². The zero-order valence-electron chi connectivity index (χ0n) is 16.7. The number of rotatable bonds is 6. The van der Waals surface area contributed by atoms with Gasteiger partial charge in [0.2, 0.25) is 0 Å². The Hall–Kier alpha value is -1.28. The minimum absolute atomic E-state index is 0. The smallest absolute Gasteiger partial charge is 0.191 e. The third-order valence-electron chi connectivity index (χ3n) is 6.58. The molecule has 3 aliphatic rings. The van der Waals surface area contributed by atoms with Gasteiger partial charge in [0, 0.05) is 43.1 Å². The highest BCUT2D eigenvalue weighted by molar-refractivity contribution is 14.0. The number of halogens is 1. The Balaban J connectivity index is 0.00000225. The van der Waals surface area contributed by atoms with Crippen molar-refractivity contribution in [2.75, 3.05) is 20.3 Å². The Morgan fingerprint density at radius 2 is 2.14 bits per heavy atom. The van der Waals surface area contributed by atoms with Crippen molar-refractivity contribution in [2.24, 2.45) is 16.3 Å². The van der Waals surface area contributed by atoms with Crippen LogP contribution in [0, 0.1) is 11.3 Å². The SMILES string of the molecule is C=CCOc1ccccc1CNC(=NC)NC1C2CCOC2C12CCCC2.I. The van der Waals surface area contributed by atoms with E-state index in [9.17, 15) is 0 Å². The molecule has 2 N–H and O–H groups in total. The van der Waals surface area contributed by atoms with Gasteiger partial charge in [-0.05, 0) is 25.3 Å². The molecule has 1 heterocycles. The van der Waals surface area contributed by atoms with Crippen molar-refractivity contribution in [1.82, 2.24) is 10.6 Å². The number of para-hydroxylation sites is 1. The molecule has 1 spiro atoms. The molecule has 0 aromatic heterocycles. The van der Waals surface area contributed by atoms with E-state index in [2.05, 4.69) is 28.3 Å². The molecule has 3 unspecified atom stereocenters. The molecule has 3 atom stereocenters. The standard InChI is InChI=1S/C22H31N3O2.HI/c1-3-13-26-18-9-5-4-8-16(18)15-24-21(23-2)25-19-17-10-14-27-20(17)22(19)11-6-7-12-22;/h3-5,8-9,17,19-20H,1,6-7,10-15H2,2H3,(H2,23,24,25);1H. The van der Waals surface area contributed by atoms with Crippen molar-refractivity contribution < 1.29 is 9.47 Å². The van der Waals surface area contributed by atoms with Crippen LogP contribution in [0.1, 0.15) is 37.7 Å². The minimum Gasteiger partial charge on any atom is -0.489 e. The van der Waals surface area contributed by atoms with Crippen molar-refractivity contribution in [2.45, 2.75) is 50.8 Å². The first kappa shape index (κ1) is 21.4. The second kappa shape index (κ2) is 9.48. The summed E-state index contributed by atoms with van der Waals surface area (Å²) in [6.45, 7) is 5.82. The lowest BCUT2D eigenvalue weighted by atomic mass is 9.54. The van der Waals surface area contributed by atoms with Crippen molar-refractivity contribution in [3.8, 4) is 5.75 Å². The predicted octanol–water partition coefficient (Wildman–Crippen LogP) is 3.88. The Labute approximate surface area is 185 Å². The van der Waals surface area contributed by atoms with Crippen molar-refractivity contribution in [1.29, 1.82) is 0 Å². The van der Waals surface area contributed by atoms with E-state index >= 15 is 0 Å². The van der Waals surface area contributed by atoms with Gasteiger partial charge in [-0.15, -0.1) is 24.0 Å².